The number of amides is 1. The molecular weight excluding hydrogens is 326 g/mol. The Morgan fingerprint density at radius 2 is 1.83 bits per heavy atom. The average molecular weight is 347 g/mol. The van der Waals surface area contributed by atoms with Gasteiger partial charge in [-0.25, -0.2) is 0 Å². The van der Waals surface area contributed by atoms with Crippen LogP contribution in [-0.2, 0) is 11.3 Å². The Kier molecular flexibility index (Phi) is 6.26. The van der Waals surface area contributed by atoms with E-state index in [4.69, 9.17) is 14.2 Å². The number of benzene rings is 1. The Hall–Kier alpha value is -2.47. The fourth-order valence-electron chi connectivity index (χ4n) is 2.18. The Labute approximate surface area is 145 Å². The number of nitrogens with one attached hydrogen (secondary N) is 1. The predicted molar refractivity (Wildman–Crippen MR) is 96.0 cm³/mol. The SMILES string of the molecule is COc1cc(/C=C/C(=O)NCc2sccc2C)cc(OC)c1OC. The first kappa shape index (κ1) is 17.9. The minimum absolute atomic E-state index is 0.156. The van der Waals surface area contributed by atoms with E-state index in [1.807, 2.05) is 18.4 Å². The van der Waals surface area contributed by atoms with Crippen LogP contribution in [0.15, 0.2) is 29.7 Å². The first-order valence-electron chi connectivity index (χ1n) is 7.38. The summed E-state index contributed by atoms with van der Waals surface area (Å²) in [7, 11) is 4.66. The summed E-state index contributed by atoms with van der Waals surface area (Å²) in [5.41, 5.74) is 1.97. The van der Waals surface area contributed by atoms with Crippen LogP contribution in [0.2, 0.25) is 0 Å². The van der Waals surface area contributed by atoms with E-state index in [0.29, 0.717) is 23.8 Å². The maximum atomic E-state index is 12.0. The molecule has 1 heterocycles. The summed E-state index contributed by atoms with van der Waals surface area (Å²) in [6.07, 6.45) is 3.20. The highest BCUT2D eigenvalue weighted by molar-refractivity contribution is 7.10. The molecule has 1 amide bonds. The summed E-state index contributed by atoms with van der Waals surface area (Å²) >= 11 is 1.63. The van der Waals surface area contributed by atoms with Crippen molar-refractivity contribution in [3.05, 3.63) is 45.7 Å². The second-order valence-electron chi connectivity index (χ2n) is 5.04. The lowest BCUT2D eigenvalue weighted by atomic mass is 10.1. The fraction of sp³-hybridized carbons (Fsp3) is 0.278. The molecule has 24 heavy (non-hydrogen) atoms. The van der Waals surface area contributed by atoms with Crippen LogP contribution in [0.5, 0.6) is 17.2 Å². The number of thiophene rings is 1. The van der Waals surface area contributed by atoms with Gasteiger partial charge in [-0.2, -0.15) is 0 Å². The fourth-order valence-corrected chi connectivity index (χ4v) is 3.03. The molecule has 0 saturated heterocycles. The molecule has 0 unspecified atom stereocenters. The summed E-state index contributed by atoms with van der Waals surface area (Å²) in [5, 5.41) is 4.89. The van der Waals surface area contributed by atoms with Gasteiger partial charge in [0.2, 0.25) is 11.7 Å². The second-order valence-corrected chi connectivity index (χ2v) is 6.04. The van der Waals surface area contributed by atoms with E-state index < -0.39 is 0 Å². The maximum Gasteiger partial charge on any atom is 0.244 e. The van der Waals surface area contributed by atoms with Crippen molar-refractivity contribution in [1.29, 1.82) is 0 Å². The third kappa shape index (κ3) is 4.29. The Morgan fingerprint density at radius 3 is 2.33 bits per heavy atom. The second kappa shape index (κ2) is 8.40. The molecule has 0 saturated carbocycles. The van der Waals surface area contributed by atoms with Gasteiger partial charge in [-0.1, -0.05) is 0 Å². The van der Waals surface area contributed by atoms with Gasteiger partial charge in [-0.05, 0) is 47.7 Å². The normalized spacial score (nSPS) is 10.7. The Bertz CT molecular complexity index is 711. The quantitative estimate of drug-likeness (QED) is 0.780. The topological polar surface area (TPSA) is 56.8 Å². The van der Waals surface area contributed by atoms with Gasteiger partial charge in [-0.15, -0.1) is 11.3 Å². The highest BCUT2D eigenvalue weighted by Gasteiger charge is 2.12. The van der Waals surface area contributed by atoms with Crippen LogP contribution < -0.4 is 19.5 Å². The minimum atomic E-state index is -0.156. The smallest absolute Gasteiger partial charge is 0.244 e. The highest BCUT2D eigenvalue weighted by atomic mass is 32.1. The third-order valence-corrected chi connectivity index (χ3v) is 4.53. The Morgan fingerprint density at radius 1 is 1.17 bits per heavy atom. The van der Waals surface area contributed by atoms with Crippen molar-refractivity contribution in [3.8, 4) is 17.2 Å². The predicted octanol–water partition coefficient (Wildman–Crippen LogP) is 3.41. The van der Waals surface area contributed by atoms with Gasteiger partial charge in [0.05, 0.1) is 27.9 Å². The zero-order chi connectivity index (χ0) is 17.5. The summed E-state index contributed by atoms with van der Waals surface area (Å²) in [4.78, 5) is 13.1. The molecule has 1 aromatic carbocycles. The number of hydrogen-bond donors (Lipinski definition) is 1. The van der Waals surface area contributed by atoms with E-state index in [-0.39, 0.29) is 5.91 Å². The van der Waals surface area contributed by atoms with E-state index in [2.05, 4.69) is 5.32 Å². The molecule has 0 aliphatic rings. The number of rotatable bonds is 7. The van der Waals surface area contributed by atoms with Crippen molar-refractivity contribution in [3.63, 3.8) is 0 Å². The van der Waals surface area contributed by atoms with Crippen molar-refractivity contribution >= 4 is 23.3 Å². The van der Waals surface area contributed by atoms with E-state index >= 15 is 0 Å². The van der Waals surface area contributed by atoms with E-state index in [1.54, 1.807) is 50.9 Å². The van der Waals surface area contributed by atoms with Crippen LogP contribution >= 0.6 is 11.3 Å². The lowest BCUT2D eigenvalue weighted by molar-refractivity contribution is -0.116. The monoisotopic (exact) mass is 347 g/mol. The van der Waals surface area contributed by atoms with Crippen LogP contribution in [0, 0.1) is 6.92 Å². The zero-order valence-electron chi connectivity index (χ0n) is 14.2. The number of hydrogen-bond acceptors (Lipinski definition) is 5. The van der Waals surface area contributed by atoms with Gasteiger partial charge in [0.1, 0.15) is 0 Å². The zero-order valence-corrected chi connectivity index (χ0v) is 15.0. The largest absolute Gasteiger partial charge is 0.493 e. The summed E-state index contributed by atoms with van der Waals surface area (Å²) in [6, 6.07) is 5.61. The Balaban J connectivity index is 2.07. The van der Waals surface area contributed by atoms with Crippen LogP contribution in [-0.4, -0.2) is 27.2 Å². The van der Waals surface area contributed by atoms with Crippen molar-refractivity contribution in [2.45, 2.75) is 13.5 Å². The molecule has 1 aromatic heterocycles. The van der Waals surface area contributed by atoms with Crippen LogP contribution in [0.1, 0.15) is 16.0 Å². The standard InChI is InChI=1S/C18H21NO4S/c1-12-7-8-24-16(12)11-19-17(20)6-5-13-9-14(21-2)18(23-4)15(10-13)22-3/h5-10H,11H2,1-4H3,(H,19,20)/b6-5+. The van der Waals surface area contributed by atoms with Gasteiger partial charge >= 0.3 is 0 Å². The van der Waals surface area contributed by atoms with E-state index in [1.165, 1.54) is 11.6 Å². The van der Waals surface area contributed by atoms with Gasteiger partial charge in [0, 0.05) is 11.0 Å². The molecule has 1 N–H and O–H groups in total. The average Bonchev–Trinajstić information content (AvgIpc) is 3.01. The van der Waals surface area contributed by atoms with Crippen LogP contribution in [0.4, 0.5) is 0 Å². The van der Waals surface area contributed by atoms with Gasteiger partial charge in [0.15, 0.2) is 11.5 Å². The number of ether oxygens (including phenoxy) is 3. The van der Waals surface area contributed by atoms with Crippen molar-refractivity contribution in [1.82, 2.24) is 5.32 Å². The summed E-state index contributed by atoms with van der Waals surface area (Å²) in [5.74, 6) is 1.46. The molecular formula is C18H21NO4S. The molecule has 128 valence electrons. The number of aryl methyl sites for hydroxylation is 1. The lowest BCUT2D eigenvalue weighted by Gasteiger charge is -2.12. The molecule has 0 aliphatic carbocycles. The lowest BCUT2D eigenvalue weighted by Crippen LogP contribution is -2.19. The molecule has 2 rings (SSSR count). The number of carbonyl (C=O) groups is 1. The van der Waals surface area contributed by atoms with E-state index in [9.17, 15) is 4.79 Å². The van der Waals surface area contributed by atoms with Crippen molar-refractivity contribution < 1.29 is 19.0 Å². The van der Waals surface area contributed by atoms with Gasteiger partial charge in [-0.3, -0.25) is 4.79 Å². The highest BCUT2D eigenvalue weighted by Crippen LogP contribution is 2.38. The molecule has 0 aliphatic heterocycles. The first-order chi connectivity index (χ1) is 11.6. The van der Waals surface area contributed by atoms with Gasteiger partial charge in [0.25, 0.3) is 0 Å². The molecule has 6 heteroatoms. The third-order valence-electron chi connectivity index (χ3n) is 3.51. The molecule has 0 spiro atoms. The summed E-state index contributed by atoms with van der Waals surface area (Å²) in [6.45, 7) is 2.56. The van der Waals surface area contributed by atoms with Crippen LogP contribution in [0.3, 0.4) is 0 Å². The van der Waals surface area contributed by atoms with Crippen LogP contribution in [0.25, 0.3) is 6.08 Å². The molecule has 0 radical (unpaired) electrons. The number of carbonyl (C=O) groups excluding carboxylic acids is 1. The minimum Gasteiger partial charge on any atom is -0.493 e. The molecule has 5 nitrogen and oxygen atoms in total. The number of methoxy groups -OCH3 is 3. The van der Waals surface area contributed by atoms with Crippen molar-refractivity contribution in [2.24, 2.45) is 0 Å². The molecule has 0 atom stereocenters. The summed E-state index contributed by atoms with van der Waals surface area (Å²) < 4.78 is 15.9. The van der Waals surface area contributed by atoms with Gasteiger partial charge < -0.3 is 19.5 Å². The molecule has 0 fully saturated rings. The molecule has 0 bridgehead atoms. The van der Waals surface area contributed by atoms with Crippen molar-refractivity contribution in [2.75, 3.05) is 21.3 Å². The first-order valence-corrected chi connectivity index (χ1v) is 8.26. The van der Waals surface area contributed by atoms with E-state index in [0.717, 1.165) is 10.4 Å². The maximum absolute atomic E-state index is 12.0. The molecule has 2 aromatic rings.